The lowest BCUT2D eigenvalue weighted by molar-refractivity contribution is -0.112. The fourth-order valence-corrected chi connectivity index (χ4v) is 1.85. The number of aldehydes is 1. The van der Waals surface area contributed by atoms with Crippen LogP contribution in [0.2, 0.25) is 0 Å². The molecule has 0 aliphatic heterocycles. The van der Waals surface area contributed by atoms with Gasteiger partial charge in [0.2, 0.25) is 0 Å². The average Bonchev–Trinajstić information content (AvgIpc) is 2.08. The van der Waals surface area contributed by atoms with E-state index >= 15 is 0 Å². The molecule has 2 unspecified atom stereocenters. The second kappa shape index (κ2) is 3.79. The van der Waals surface area contributed by atoms with Gasteiger partial charge in [-0.2, -0.15) is 0 Å². The number of rotatable bonds is 1. The van der Waals surface area contributed by atoms with Gasteiger partial charge in [0.1, 0.15) is 6.29 Å². The Kier molecular flexibility index (Phi) is 3.31. The zero-order valence-corrected chi connectivity index (χ0v) is 9.12. The maximum Gasteiger partial charge on any atom is 0.189 e. The molecule has 0 saturated carbocycles. The number of carbonyl (C=O) groups excluding carboxylic acids is 1. The zero-order valence-electron chi connectivity index (χ0n) is 6.10. The molecule has 0 aromatic heterocycles. The lowest BCUT2D eigenvalue weighted by Crippen LogP contribution is -2.34. The molecule has 1 aliphatic rings. The lowest BCUT2D eigenvalue weighted by atomic mass is 9.98. The van der Waals surface area contributed by atoms with Crippen molar-refractivity contribution in [2.75, 3.05) is 0 Å². The Bertz CT molecular complexity index is 306. The third-order valence-electron chi connectivity index (χ3n) is 1.62. The molecule has 0 spiro atoms. The molecule has 1 N–H and O–H groups in total. The average molecular weight is 262 g/mol. The van der Waals surface area contributed by atoms with E-state index in [4.69, 9.17) is 46.4 Å². The van der Waals surface area contributed by atoms with Crippen LogP contribution in [0, 0.1) is 5.92 Å². The minimum atomic E-state index is -1.99. The van der Waals surface area contributed by atoms with E-state index in [1.165, 1.54) is 6.08 Å². The molecule has 0 fully saturated rings. The van der Waals surface area contributed by atoms with E-state index in [9.17, 15) is 9.90 Å². The number of hydrogen-bond donors (Lipinski definition) is 1. The highest BCUT2D eigenvalue weighted by Crippen LogP contribution is 2.43. The molecule has 6 heteroatoms. The third-order valence-corrected chi connectivity index (χ3v) is 3.54. The van der Waals surface area contributed by atoms with Gasteiger partial charge in [-0.15, -0.1) is 0 Å². The molecule has 1 aliphatic carbocycles. The molecule has 13 heavy (non-hydrogen) atoms. The van der Waals surface area contributed by atoms with E-state index in [1.807, 2.05) is 0 Å². The fourth-order valence-electron chi connectivity index (χ4n) is 0.876. The first-order valence-corrected chi connectivity index (χ1v) is 4.72. The molecule has 0 radical (unpaired) electrons. The molecule has 0 saturated heterocycles. The molecule has 72 valence electrons. The second-order valence-electron chi connectivity index (χ2n) is 2.48. The van der Waals surface area contributed by atoms with E-state index in [0.29, 0.717) is 6.29 Å². The molecule has 0 bridgehead atoms. The van der Waals surface area contributed by atoms with Crippen molar-refractivity contribution >= 4 is 52.7 Å². The Hall–Kier alpha value is 0.270. The van der Waals surface area contributed by atoms with Gasteiger partial charge in [0, 0.05) is 0 Å². The van der Waals surface area contributed by atoms with Gasteiger partial charge in [-0.25, -0.2) is 0 Å². The summed E-state index contributed by atoms with van der Waals surface area (Å²) in [5.41, 5.74) is 0. The summed E-state index contributed by atoms with van der Waals surface area (Å²) in [4.78, 5) is 10.5. The Labute approximate surface area is 94.7 Å². The lowest BCUT2D eigenvalue weighted by Gasteiger charge is -2.28. The number of hydrogen-bond acceptors (Lipinski definition) is 2. The smallest absolute Gasteiger partial charge is 0.189 e. The highest BCUT2D eigenvalue weighted by Gasteiger charge is 2.41. The van der Waals surface area contributed by atoms with Crippen molar-refractivity contribution in [3.8, 4) is 0 Å². The summed E-state index contributed by atoms with van der Waals surface area (Å²) in [7, 11) is 0. The molecular formula is C7H4Cl4O2. The summed E-state index contributed by atoms with van der Waals surface area (Å²) < 4.78 is 0. The van der Waals surface area contributed by atoms with E-state index in [2.05, 4.69) is 0 Å². The van der Waals surface area contributed by atoms with Crippen LogP contribution < -0.4 is 0 Å². The monoisotopic (exact) mass is 260 g/mol. The van der Waals surface area contributed by atoms with Crippen molar-refractivity contribution in [3.05, 3.63) is 21.2 Å². The Morgan fingerprint density at radius 1 is 1.46 bits per heavy atom. The van der Waals surface area contributed by atoms with Crippen LogP contribution in [0.3, 0.4) is 0 Å². The van der Waals surface area contributed by atoms with Gasteiger partial charge in [0.05, 0.1) is 21.0 Å². The van der Waals surface area contributed by atoms with Crippen LogP contribution in [0.5, 0.6) is 0 Å². The summed E-state index contributed by atoms with van der Waals surface area (Å²) in [5.74, 6) is -0.989. The highest BCUT2D eigenvalue weighted by molar-refractivity contribution is 6.51. The second-order valence-corrected chi connectivity index (χ2v) is 4.22. The minimum absolute atomic E-state index is 0.0427. The van der Waals surface area contributed by atoms with Gasteiger partial charge < -0.3 is 9.90 Å². The van der Waals surface area contributed by atoms with E-state index in [-0.39, 0.29) is 15.1 Å². The van der Waals surface area contributed by atoms with Gasteiger partial charge >= 0.3 is 0 Å². The van der Waals surface area contributed by atoms with Gasteiger partial charge in [0.25, 0.3) is 0 Å². The molecule has 0 heterocycles. The summed E-state index contributed by atoms with van der Waals surface area (Å²) in [6.45, 7) is 0. The van der Waals surface area contributed by atoms with E-state index < -0.39 is 11.0 Å². The van der Waals surface area contributed by atoms with Crippen molar-refractivity contribution in [2.24, 2.45) is 5.92 Å². The number of alkyl halides is 1. The predicted octanol–water partition coefficient (Wildman–Crippen LogP) is 2.55. The largest absolute Gasteiger partial charge is 0.369 e. The standard InChI is InChI=1S/C7H4Cl4O2/c8-4-1-3(2-12)7(11,13)6(10)5(4)9/h1-3,13H. The van der Waals surface area contributed by atoms with Crippen LogP contribution in [0.15, 0.2) is 21.2 Å². The zero-order chi connectivity index (χ0) is 10.2. The SMILES string of the molecule is O=CC1C=C(Cl)C(Cl)=C(Cl)C1(O)Cl. The van der Waals surface area contributed by atoms with Crippen molar-refractivity contribution in [2.45, 2.75) is 5.06 Å². The molecule has 0 aromatic rings. The van der Waals surface area contributed by atoms with Crippen LogP contribution in [-0.4, -0.2) is 16.5 Å². The number of carbonyl (C=O) groups is 1. The molecule has 0 amide bonds. The normalized spacial score (nSPS) is 34.5. The first-order valence-electron chi connectivity index (χ1n) is 3.21. The Balaban J connectivity index is 3.22. The van der Waals surface area contributed by atoms with Crippen LogP contribution in [-0.2, 0) is 4.79 Å². The molecular weight excluding hydrogens is 258 g/mol. The third kappa shape index (κ3) is 1.88. The van der Waals surface area contributed by atoms with Gasteiger partial charge in [-0.05, 0) is 6.08 Å². The van der Waals surface area contributed by atoms with Gasteiger partial charge in [-0.1, -0.05) is 46.4 Å². The van der Waals surface area contributed by atoms with Crippen molar-refractivity contribution < 1.29 is 9.90 Å². The maximum absolute atomic E-state index is 10.5. The van der Waals surface area contributed by atoms with Crippen LogP contribution in [0.25, 0.3) is 0 Å². The summed E-state index contributed by atoms with van der Waals surface area (Å²) >= 11 is 22.4. The van der Waals surface area contributed by atoms with Crippen LogP contribution >= 0.6 is 46.4 Å². The van der Waals surface area contributed by atoms with Crippen molar-refractivity contribution in [1.29, 1.82) is 0 Å². The minimum Gasteiger partial charge on any atom is -0.369 e. The Morgan fingerprint density at radius 2 is 2.00 bits per heavy atom. The topological polar surface area (TPSA) is 37.3 Å². The van der Waals surface area contributed by atoms with E-state index in [0.717, 1.165) is 0 Å². The van der Waals surface area contributed by atoms with Crippen molar-refractivity contribution in [1.82, 2.24) is 0 Å². The van der Waals surface area contributed by atoms with Crippen molar-refractivity contribution in [3.63, 3.8) is 0 Å². The van der Waals surface area contributed by atoms with Crippen LogP contribution in [0.4, 0.5) is 0 Å². The molecule has 2 nitrogen and oxygen atoms in total. The summed E-state index contributed by atoms with van der Waals surface area (Å²) in [6, 6.07) is 0. The van der Waals surface area contributed by atoms with Crippen LogP contribution in [0.1, 0.15) is 0 Å². The first kappa shape index (κ1) is 11.3. The van der Waals surface area contributed by atoms with Gasteiger partial charge in [0.15, 0.2) is 5.06 Å². The maximum atomic E-state index is 10.5. The molecule has 2 atom stereocenters. The fraction of sp³-hybridized carbons (Fsp3) is 0.286. The summed E-state index contributed by atoms with van der Waals surface area (Å²) in [5, 5.41) is 7.39. The predicted molar refractivity (Wildman–Crippen MR) is 53.0 cm³/mol. The van der Waals surface area contributed by atoms with Gasteiger partial charge in [-0.3, -0.25) is 0 Å². The molecule has 1 rings (SSSR count). The first-order chi connectivity index (χ1) is 5.91. The van der Waals surface area contributed by atoms with E-state index in [1.54, 1.807) is 0 Å². The molecule has 0 aromatic carbocycles. The Morgan fingerprint density at radius 3 is 2.46 bits per heavy atom. The number of halogens is 4. The highest BCUT2D eigenvalue weighted by atomic mass is 35.5. The quantitative estimate of drug-likeness (QED) is 0.582. The summed E-state index contributed by atoms with van der Waals surface area (Å²) in [6.07, 6.45) is 1.69. The number of allylic oxidation sites excluding steroid dienone is 2. The number of aliphatic hydroxyl groups is 1.